The summed E-state index contributed by atoms with van der Waals surface area (Å²) in [5, 5.41) is 2.39. The van der Waals surface area contributed by atoms with E-state index >= 15 is 0 Å². The average molecular weight is 444 g/mol. The van der Waals surface area contributed by atoms with Gasteiger partial charge in [0.1, 0.15) is 5.75 Å². The van der Waals surface area contributed by atoms with Crippen molar-refractivity contribution in [2.24, 2.45) is 0 Å². The van der Waals surface area contributed by atoms with Gasteiger partial charge in [-0.15, -0.1) is 0 Å². The minimum atomic E-state index is -0.328. The number of methoxy groups -OCH3 is 1. The molecule has 1 aliphatic heterocycles. The quantitative estimate of drug-likeness (QED) is 0.438. The van der Waals surface area contributed by atoms with Gasteiger partial charge in [-0.25, -0.2) is 0 Å². The summed E-state index contributed by atoms with van der Waals surface area (Å²) in [6.07, 6.45) is 1.75. The fraction of sp³-hybridized carbons (Fsp3) is 0.0909. The second-order valence-corrected chi connectivity index (χ2v) is 8.23. The highest BCUT2D eigenvalue weighted by atomic mass is 35.5. The van der Waals surface area contributed by atoms with Crippen LogP contribution in [-0.2, 0) is 11.3 Å². The van der Waals surface area contributed by atoms with E-state index < -0.39 is 0 Å². The molecule has 0 radical (unpaired) electrons. The molecule has 0 bridgehead atoms. The van der Waals surface area contributed by atoms with Crippen LogP contribution in [0.15, 0.2) is 59.5 Å². The number of hydrogen-bond donors (Lipinski definition) is 0. The molecular formula is C22H15Cl2NO3S. The molecule has 0 saturated carbocycles. The maximum atomic E-state index is 12.9. The smallest absolute Gasteiger partial charge is 0.293 e. The van der Waals surface area contributed by atoms with Gasteiger partial charge in [-0.3, -0.25) is 14.5 Å². The highest BCUT2D eigenvalue weighted by Gasteiger charge is 2.35. The van der Waals surface area contributed by atoms with Crippen LogP contribution < -0.4 is 4.74 Å². The van der Waals surface area contributed by atoms with Gasteiger partial charge >= 0.3 is 0 Å². The number of fused-ring (bicyclic) bond motifs is 1. The van der Waals surface area contributed by atoms with Crippen LogP contribution in [0.2, 0.25) is 10.0 Å². The first kappa shape index (κ1) is 19.8. The van der Waals surface area contributed by atoms with Crippen molar-refractivity contribution < 1.29 is 14.3 Å². The number of imide groups is 1. The Hall–Kier alpha value is -2.47. The van der Waals surface area contributed by atoms with Crippen molar-refractivity contribution in [3.8, 4) is 5.75 Å². The molecule has 0 atom stereocenters. The van der Waals surface area contributed by atoms with Gasteiger partial charge in [-0.1, -0.05) is 59.6 Å². The normalized spacial score (nSPS) is 15.6. The van der Waals surface area contributed by atoms with Gasteiger partial charge in [0.2, 0.25) is 0 Å². The van der Waals surface area contributed by atoms with Crippen molar-refractivity contribution in [3.63, 3.8) is 0 Å². The van der Waals surface area contributed by atoms with Gasteiger partial charge in [-0.05, 0) is 52.6 Å². The molecule has 7 heteroatoms. The van der Waals surface area contributed by atoms with Crippen LogP contribution in [-0.4, -0.2) is 23.2 Å². The molecule has 1 fully saturated rings. The van der Waals surface area contributed by atoms with E-state index in [0.717, 1.165) is 39.4 Å². The first-order valence-electron chi connectivity index (χ1n) is 8.73. The zero-order valence-electron chi connectivity index (χ0n) is 15.3. The summed E-state index contributed by atoms with van der Waals surface area (Å²) >= 11 is 12.9. The molecule has 2 amide bonds. The van der Waals surface area contributed by atoms with Crippen LogP contribution in [0.3, 0.4) is 0 Å². The molecule has 1 heterocycles. The molecule has 0 aliphatic carbocycles. The first-order chi connectivity index (χ1) is 14.0. The van der Waals surface area contributed by atoms with E-state index in [1.54, 1.807) is 31.4 Å². The maximum absolute atomic E-state index is 12.9. The number of benzene rings is 3. The van der Waals surface area contributed by atoms with E-state index in [0.29, 0.717) is 15.0 Å². The van der Waals surface area contributed by atoms with Gasteiger partial charge in [0, 0.05) is 5.39 Å². The summed E-state index contributed by atoms with van der Waals surface area (Å²) in [7, 11) is 1.62. The predicted molar refractivity (Wildman–Crippen MR) is 118 cm³/mol. The van der Waals surface area contributed by atoms with Crippen LogP contribution in [0.25, 0.3) is 16.8 Å². The van der Waals surface area contributed by atoms with Crippen LogP contribution in [0.1, 0.15) is 11.1 Å². The fourth-order valence-electron chi connectivity index (χ4n) is 3.20. The number of thioether (sulfide) groups is 1. The molecule has 3 aromatic rings. The zero-order chi connectivity index (χ0) is 20.5. The monoisotopic (exact) mass is 443 g/mol. The molecule has 3 aromatic carbocycles. The largest absolute Gasteiger partial charge is 0.496 e. The van der Waals surface area contributed by atoms with E-state index in [4.69, 9.17) is 27.9 Å². The Morgan fingerprint density at radius 2 is 1.76 bits per heavy atom. The van der Waals surface area contributed by atoms with E-state index in [1.165, 1.54) is 4.90 Å². The van der Waals surface area contributed by atoms with E-state index in [9.17, 15) is 9.59 Å². The van der Waals surface area contributed by atoms with Crippen LogP contribution in [0, 0.1) is 0 Å². The van der Waals surface area contributed by atoms with Crippen molar-refractivity contribution in [2.45, 2.75) is 6.54 Å². The molecular weight excluding hydrogens is 429 g/mol. The summed E-state index contributed by atoms with van der Waals surface area (Å²) in [6, 6.07) is 16.6. The summed E-state index contributed by atoms with van der Waals surface area (Å²) in [5.41, 5.74) is 1.58. The third kappa shape index (κ3) is 3.86. The summed E-state index contributed by atoms with van der Waals surface area (Å²) in [4.78, 5) is 26.9. The van der Waals surface area contributed by atoms with E-state index in [2.05, 4.69) is 0 Å². The van der Waals surface area contributed by atoms with Gasteiger partial charge in [0.25, 0.3) is 11.1 Å². The number of hydrogen-bond acceptors (Lipinski definition) is 4. The van der Waals surface area contributed by atoms with Crippen molar-refractivity contribution in [1.29, 1.82) is 0 Å². The number of carbonyl (C=O) groups is 2. The molecule has 0 spiro atoms. The third-order valence-electron chi connectivity index (χ3n) is 4.62. The lowest BCUT2D eigenvalue weighted by molar-refractivity contribution is -0.123. The van der Waals surface area contributed by atoms with E-state index in [-0.39, 0.29) is 17.7 Å². The fourth-order valence-corrected chi connectivity index (χ4v) is 4.35. The standard InChI is InChI=1S/C22H15Cl2NO3S/c1-28-19-9-7-14(15-4-2-3-5-16(15)19)11-20-21(26)25(22(27)29-20)12-13-6-8-17(23)18(24)10-13/h2-11H,12H2,1H3/b20-11+. The lowest BCUT2D eigenvalue weighted by atomic mass is 10.0. The van der Waals surface area contributed by atoms with Crippen molar-refractivity contribution in [1.82, 2.24) is 4.90 Å². The summed E-state index contributed by atoms with van der Waals surface area (Å²) < 4.78 is 5.42. The topological polar surface area (TPSA) is 46.6 Å². The van der Waals surface area contributed by atoms with Crippen molar-refractivity contribution in [3.05, 3.63) is 80.7 Å². The summed E-state index contributed by atoms with van der Waals surface area (Å²) in [6.45, 7) is 0.141. The number of amides is 2. The molecule has 0 N–H and O–H groups in total. The Balaban J connectivity index is 1.66. The number of rotatable bonds is 4. The second kappa shape index (κ2) is 8.11. The molecule has 4 rings (SSSR count). The first-order valence-corrected chi connectivity index (χ1v) is 10.3. The molecule has 0 aromatic heterocycles. The minimum absolute atomic E-state index is 0.141. The number of ether oxygens (including phenoxy) is 1. The van der Waals surface area contributed by atoms with Crippen LogP contribution >= 0.6 is 35.0 Å². The third-order valence-corrected chi connectivity index (χ3v) is 6.27. The highest BCUT2D eigenvalue weighted by Crippen LogP contribution is 2.36. The van der Waals surface area contributed by atoms with Crippen LogP contribution in [0.5, 0.6) is 5.75 Å². The molecule has 1 aliphatic rings. The summed E-state index contributed by atoms with van der Waals surface area (Å²) in [5.74, 6) is 0.427. The molecule has 0 unspecified atom stereocenters. The SMILES string of the molecule is COc1ccc(/C=C2/SC(=O)N(Cc3ccc(Cl)c(Cl)c3)C2=O)c2ccccc12. The Kier molecular flexibility index (Phi) is 5.54. The lowest BCUT2D eigenvalue weighted by Crippen LogP contribution is -2.27. The predicted octanol–water partition coefficient (Wildman–Crippen LogP) is 6.39. The van der Waals surface area contributed by atoms with Crippen molar-refractivity contribution in [2.75, 3.05) is 7.11 Å². The van der Waals surface area contributed by atoms with Gasteiger partial charge < -0.3 is 4.74 Å². The number of nitrogens with zero attached hydrogens (tertiary/aromatic N) is 1. The van der Waals surface area contributed by atoms with Gasteiger partial charge in [0.05, 0.1) is 28.6 Å². The van der Waals surface area contributed by atoms with Crippen molar-refractivity contribution >= 4 is 63.0 Å². The molecule has 4 nitrogen and oxygen atoms in total. The Bertz CT molecular complexity index is 1180. The second-order valence-electron chi connectivity index (χ2n) is 6.42. The maximum Gasteiger partial charge on any atom is 0.293 e. The van der Waals surface area contributed by atoms with Gasteiger partial charge in [-0.2, -0.15) is 0 Å². The van der Waals surface area contributed by atoms with Gasteiger partial charge in [0.15, 0.2) is 0 Å². The van der Waals surface area contributed by atoms with Crippen LogP contribution in [0.4, 0.5) is 4.79 Å². The highest BCUT2D eigenvalue weighted by molar-refractivity contribution is 8.18. The molecule has 1 saturated heterocycles. The number of halogens is 2. The molecule has 146 valence electrons. The average Bonchev–Trinajstić information content (AvgIpc) is 2.98. The Morgan fingerprint density at radius 3 is 2.48 bits per heavy atom. The Morgan fingerprint density at radius 1 is 1.00 bits per heavy atom. The minimum Gasteiger partial charge on any atom is -0.496 e. The number of carbonyl (C=O) groups excluding carboxylic acids is 2. The lowest BCUT2D eigenvalue weighted by Gasteiger charge is -2.13. The molecule has 29 heavy (non-hydrogen) atoms. The Labute approximate surface area is 182 Å². The van der Waals surface area contributed by atoms with E-state index in [1.807, 2.05) is 36.4 Å². The zero-order valence-corrected chi connectivity index (χ0v) is 17.6.